The minimum absolute atomic E-state index is 0. The molecule has 0 saturated carbocycles. The molecular weight excluding hydrogens is 513 g/mol. The van der Waals surface area contributed by atoms with Gasteiger partial charge >= 0.3 is 29.6 Å². The summed E-state index contributed by atoms with van der Waals surface area (Å²) in [7, 11) is 0. The molecule has 3 aliphatic rings. The number of hydrogen-bond donors (Lipinski definition) is 3. The molecule has 0 spiro atoms. The zero-order chi connectivity index (χ0) is 24.1. The molecule has 3 aliphatic heterocycles. The number of thiocarbonyl (C=S) groups is 1. The molecule has 178 valence electrons. The van der Waals surface area contributed by atoms with Crippen LogP contribution in [0.25, 0.3) is 0 Å². The van der Waals surface area contributed by atoms with Crippen molar-refractivity contribution in [3.8, 4) is 0 Å². The number of ether oxygens (including phenoxy) is 2. The third-order valence-corrected chi connectivity index (χ3v) is 7.79. The fourth-order valence-corrected chi connectivity index (χ4v) is 6.37. The number of thiazole rings is 1. The van der Waals surface area contributed by atoms with Crippen molar-refractivity contribution in [1.82, 2.24) is 15.2 Å². The smallest absolute Gasteiger partial charge is 0.863 e. The van der Waals surface area contributed by atoms with Crippen LogP contribution in [0.15, 0.2) is 21.8 Å². The maximum Gasteiger partial charge on any atom is 1.00 e. The van der Waals surface area contributed by atoms with Crippen LogP contribution < -0.4 is 45.7 Å². The van der Waals surface area contributed by atoms with Crippen LogP contribution in [-0.2, 0) is 19.1 Å². The van der Waals surface area contributed by atoms with Crippen LogP contribution >= 0.6 is 35.3 Å². The molecule has 4 N–H and O–H groups in total. The number of thioether (sulfide) groups is 1. The molecule has 4 atom stereocenters. The molecule has 15 heteroatoms. The van der Waals surface area contributed by atoms with Crippen LogP contribution in [0.2, 0.25) is 0 Å². The van der Waals surface area contributed by atoms with Crippen molar-refractivity contribution in [1.29, 1.82) is 0 Å². The molecule has 2 amide bonds. The minimum atomic E-state index is -0.935. The molecule has 4 rings (SSSR count). The van der Waals surface area contributed by atoms with Gasteiger partial charge in [-0.3, -0.25) is 14.5 Å². The summed E-state index contributed by atoms with van der Waals surface area (Å²) >= 11 is 7.47. The standard InChI is InChI=1S/C19H23N5O6S3.Na/c1-7-10(9-4-5-29-19(2,3)30-9)13(17(27)31)24-15(26)12(16(24)33-7)22-14(25)11(23-28)8-6-32-18(20)21-8;/h6-7,9,12,16,28H,4-5H2,1-3H3,(H2,20,21)(H,22,25)(H,27,31);/q;+1/p-1/b23-11-;/t7?,9?,12?,16-;/m1./s1. The van der Waals surface area contributed by atoms with E-state index >= 15 is 0 Å². The maximum atomic E-state index is 13.0. The summed E-state index contributed by atoms with van der Waals surface area (Å²) in [5, 5.41) is 27.6. The van der Waals surface area contributed by atoms with Gasteiger partial charge in [0.05, 0.1) is 18.4 Å². The molecule has 11 nitrogen and oxygen atoms in total. The number of β-lactam (4-membered cyclic amide) rings is 1. The minimum Gasteiger partial charge on any atom is -0.863 e. The monoisotopic (exact) mass is 535 g/mol. The number of nitrogens with one attached hydrogen (secondary N) is 1. The van der Waals surface area contributed by atoms with Gasteiger partial charge in [-0.15, -0.1) is 23.1 Å². The molecule has 2 fully saturated rings. The SMILES string of the molecule is CC1S[C@@H]2C(NC(=O)/C(=N\O)c3csc(N)n3)C(=O)N2C(C([O-])=S)=C1C1CCOC(C)(C)O1.[Na+]. The van der Waals surface area contributed by atoms with Gasteiger partial charge in [0.1, 0.15) is 17.1 Å². The van der Waals surface area contributed by atoms with Gasteiger partial charge < -0.3 is 30.8 Å². The quantitative estimate of drug-likeness (QED) is 0.0895. The van der Waals surface area contributed by atoms with E-state index in [2.05, 4.69) is 15.5 Å². The summed E-state index contributed by atoms with van der Waals surface area (Å²) < 4.78 is 11.6. The van der Waals surface area contributed by atoms with Gasteiger partial charge in [-0.1, -0.05) is 17.4 Å². The second kappa shape index (κ2) is 10.4. The van der Waals surface area contributed by atoms with E-state index in [1.54, 1.807) is 13.8 Å². The van der Waals surface area contributed by atoms with Crippen molar-refractivity contribution in [2.45, 2.75) is 55.7 Å². The number of nitrogens with two attached hydrogens (primary N) is 1. The zero-order valence-electron chi connectivity index (χ0n) is 18.9. The Hall–Kier alpha value is -1.26. The van der Waals surface area contributed by atoms with E-state index in [-0.39, 0.29) is 57.0 Å². The molecule has 0 bridgehead atoms. The van der Waals surface area contributed by atoms with Crippen LogP contribution in [0.5, 0.6) is 0 Å². The van der Waals surface area contributed by atoms with E-state index in [9.17, 15) is 19.9 Å². The predicted molar refractivity (Wildman–Crippen MR) is 124 cm³/mol. The molecule has 1 aromatic heterocycles. The number of carbonyl (C=O) groups is 2. The molecule has 4 heterocycles. The normalized spacial score (nSPS) is 28.5. The van der Waals surface area contributed by atoms with E-state index < -0.39 is 40.2 Å². The van der Waals surface area contributed by atoms with Gasteiger partial charge in [-0.2, -0.15) is 0 Å². The summed E-state index contributed by atoms with van der Waals surface area (Å²) in [6.07, 6.45) is 0.0965. The number of amides is 2. The van der Waals surface area contributed by atoms with Crippen LogP contribution in [-0.4, -0.2) is 72.8 Å². The Labute approximate surface area is 231 Å². The average molecular weight is 536 g/mol. The summed E-state index contributed by atoms with van der Waals surface area (Å²) in [4.78, 5) is 31.0. The first kappa shape index (κ1) is 27.3. The van der Waals surface area contributed by atoms with E-state index in [0.717, 1.165) is 11.3 Å². The fourth-order valence-electron chi connectivity index (χ4n) is 4.10. The Kier molecular flexibility index (Phi) is 8.35. The van der Waals surface area contributed by atoms with E-state index in [1.807, 2.05) is 6.92 Å². The first-order chi connectivity index (χ1) is 15.5. The predicted octanol–water partition coefficient (Wildman–Crippen LogP) is -2.82. The molecule has 34 heavy (non-hydrogen) atoms. The summed E-state index contributed by atoms with van der Waals surface area (Å²) in [5.74, 6) is -2.11. The number of aromatic nitrogens is 1. The molecule has 3 unspecified atom stereocenters. The summed E-state index contributed by atoms with van der Waals surface area (Å²) in [6, 6.07) is -0.935. The Morgan fingerprint density at radius 1 is 1.50 bits per heavy atom. The fraction of sp³-hybridized carbons (Fsp3) is 0.526. The van der Waals surface area contributed by atoms with Crippen LogP contribution in [0.1, 0.15) is 32.9 Å². The maximum absolute atomic E-state index is 13.0. The van der Waals surface area contributed by atoms with Crippen molar-refractivity contribution < 1.29 is 58.9 Å². The van der Waals surface area contributed by atoms with E-state index in [0.29, 0.717) is 18.6 Å². The van der Waals surface area contributed by atoms with Gasteiger partial charge in [0.2, 0.25) is 0 Å². The van der Waals surface area contributed by atoms with Crippen molar-refractivity contribution in [3.63, 3.8) is 0 Å². The number of hydrogen-bond acceptors (Lipinski definition) is 12. The third kappa shape index (κ3) is 5.00. The van der Waals surface area contributed by atoms with Crippen LogP contribution in [0.4, 0.5) is 5.13 Å². The Balaban J connectivity index is 0.00000324. The summed E-state index contributed by atoms with van der Waals surface area (Å²) in [6.45, 7) is 5.92. The first-order valence-electron chi connectivity index (χ1n) is 10.0. The topological polar surface area (TPSA) is 162 Å². The second-order valence-corrected chi connectivity index (χ2v) is 10.8. The molecule has 0 aliphatic carbocycles. The van der Waals surface area contributed by atoms with E-state index in [1.165, 1.54) is 22.0 Å². The summed E-state index contributed by atoms with van der Waals surface area (Å²) in [5.41, 5.74) is 6.09. The Morgan fingerprint density at radius 2 is 2.21 bits per heavy atom. The molecule has 1 aromatic rings. The molecule has 0 aromatic carbocycles. The Morgan fingerprint density at radius 3 is 2.76 bits per heavy atom. The van der Waals surface area contributed by atoms with E-state index in [4.69, 9.17) is 27.4 Å². The number of carbonyl (C=O) groups excluding carboxylic acids is 2. The number of rotatable bonds is 5. The first-order valence-corrected chi connectivity index (χ1v) is 12.3. The average Bonchev–Trinajstić information content (AvgIpc) is 3.16. The van der Waals surface area contributed by atoms with Crippen LogP contribution in [0, 0.1) is 0 Å². The van der Waals surface area contributed by atoms with Gasteiger partial charge in [-0.05, 0) is 31.4 Å². The largest absolute Gasteiger partial charge is 1.00 e. The van der Waals surface area contributed by atoms with Gasteiger partial charge in [0, 0.05) is 17.1 Å². The molecular formula is C19H22N5NaO6S3. The van der Waals surface area contributed by atoms with Crippen molar-refractivity contribution in [2.24, 2.45) is 5.16 Å². The molecule has 0 radical (unpaired) electrons. The molecule has 2 saturated heterocycles. The second-order valence-electron chi connectivity index (χ2n) is 8.08. The van der Waals surface area contributed by atoms with Gasteiger partial charge in [0.15, 0.2) is 16.6 Å². The van der Waals surface area contributed by atoms with Crippen molar-refractivity contribution in [2.75, 3.05) is 12.3 Å². The van der Waals surface area contributed by atoms with Crippen molar-refractivity contribution >= 4 is 63.0 Å². The number of nitrogen functional groups attached to an aromatic ring is 1. The van der Waals surface area contributed by atoms with Gasteiger partial charge in [0.25, 0.3) is 11.8 Å². The van der Waals surface area contributed by atoms with Crippen molar-refractivity contribution in [3.05, 3.63) is 22.3 Å². The number of nitrogens with zero attached hydrogens (tertiary/aromatic N) is 3. The van der Waals surface area contributed by atoms with Crippen LogP contribution in [0.3, 0.4) is 0 Å². The number of oxime groups is 1. The van der Waals surface area contributed by atoms with Gasteiger partial charge in [-0.25, -0.2) is 4.98 Å². The third-order valence-electron chi connectivity index (χ3n) is 5.50. The zero-order valence-corrected chi connectivity index (χ0v) is 23.4. The number of fused-ring (bicyclic) bond motifs is 1. The number of anilines is 1. The Bertz CT molecular complexity index is 1080.